The third kappa shape index (κ3) is 3.33. The topological polar surface area (TPSA) is 53.7 Å². The van der Waals surface area contributed by atoms with Gasteiger partial charge in [0, 0.05) is 26.2 Å². The Morgan fingerprint density at radius 1 is 1.20 bits per heavy atom. The highest BCUT2D eigenvalue weighted by Crippen LogP contribution is 2.40. The maximum atomic E-state index is 6.46. The van der Waals surface area contributed by atoms with Crippen molar-refractivity contribution in [3.05, 3.63) is 0 Å². The summed E-state index contributed by atoms with van der Waals surface area (Å²) in [5.74, 6) is 2.44. The summed E-state index contributed by atoms with van der Waals surface area (Å²) in [6.07, 6.45) is 6.75. The second-order valence-electron chi connectivity index (χ2n) is 6.42. The molecule has 0 aliphatic carbocycles. The number of ether oxygens (including phenoxy) is 3. The number of thioether (sulfide) groups is 1. The minimum Gasteiger partial charge on any atom is -0.378 e. The summed E-state index contributed by atoms with van der Waals surface area (Å²) in [4.78, 5) is 0. The van der Waals surface area contributed by atoms with Crippen LogP contribution in [0.1, 0.15) is 38.5 Å². The summed E-state index contributed by atoms with van der Waals surface area (Å²) in [5, 5.41) is 0. The van der Waals surface area contributed by atoms with Crippen molar-refractivity contribution in [1.82, 2.24) is 0 Å². The molecular formula is C15H27NO3S. The molecule has 0 amide bonds. The Bertz CT molecular complexity index is 309. The Morgan fingerprint density at radius 3 is 2.75 bits per heavy atom. The van der Waals surface area contributed by atoms with Gasteiger partial charge in [0.05, 0.1) is 18.3 Å². The average molecular weight is 301 g/mol. The van der Waals surface area contributed by atoms with Crippen molar-refractivity contribution in [1.29, 1.82) is 0 Å². The Morgan fingerprint density at radius 2 is 2.05 bits per heavy atom. The predicted molar refractivity (Wildman–Crippen MR) is 81.2 cm³/mol. The van der Waals surface area contributed by atoms with Crippen LogP contribution in [0.25, 0.3) is 0 Å². The van der Waals surface area contributed by atoms with Gasteiger partial charge in [-0.2, -0.15) is 11.8 Å². The van der Waals surface area contributed by atoms with Crippen LogP contribution in [0.3, 0.4) is 0 Å². The van der Waals surface area contributed by atoms with Gasteiger partial charge in [-0.15, -0.1) is 0 Å². The summed E-state index contributed by atoms with van der Waals surface area (Å²) >= 11 is 2.04. The van der Waals surface area contributed by atoms with E-state index in [1.54, 1.807) is 0 Å². The van der Waals surface area contributed by atoms with E-state index in [-0.39, 0.29) is 17.3 Å². The van der Waals surface area contributed by atoms with E-state index in [9.17, 15) is 0 Å². The van der Waals surface area contributed by atoms with Crippen LogP contribution < -0.4 is 5.73 Å². The van der Waals surface area contributed by atoms with Crippen LogP contribution in [-0.2, 0) is 14.2 Å². The number of rotatable bonds is 3. The highest BCUT2D eigenvalue weighted by Gasteiger charge is 2.42. The molecule has 4 nitrogen and oxygen atoms in total. The molecular weight excluding hydrogens is 274 g/mol. The predicted octanol–water partition coefficient (Wildman–Crippen LogP) is 1.96. The summed E-state index contributed by atoms with van der Waals surface area (Å²) in [5.41, 5.74) is 5.82. The zero-order valence-electron chi connectivity index (χ0n) is 12.3. The lowest BCUT2D eigenvalue weighted by Crippen LogP contribution is -2.53. The fraction of sp³-hybridized carbons (Fsp3) is 1.00. The zero-order chi connectivity index (χ0) is 13.9. The van der Waals surface area contributed by atoms with E-state index in [4.69, 9.17) is 19.9 Å². The molecule has 5 heteroatoms. The number of hydrogen-bond acceptors (Lipinski definition) is 5. The summed E-state index contributed by atoms with van der Waals surface area (Å²) < 4.78 is 18.2. The average Bonchev–Trinajstić information content (AvgIpc) is 2.49. The molecule has 2 N–H and O–H groups in total. The molecule has 20 heavy (non-hydrogen) atoms. The van der Waals surface area contributed by atoms with Crippen molar-refractivity contribution in [2.24, 2.45) is 5.73 Å². The van der Waals surface area contributed by atoms with E-state index in [0.717, 1.165) is 38.9 Å². The van der Waals surface area contributed by atoms with Crippen LogP contribution in [-0.4, -0.2) is 55.2 Å². The first-order chi connectivity index (χ1) is 9.76. The number of hydrogen-bond donors (Lipinski definition) is 1. The molecule has 3 heterocycles. The van der Waals surface area contributed by atoms with Gasteiger partial charge in [-0.05, 0) is 43.6 Å². The van der Waals surface area contributed by atoms with Crippen molar-refractivity contribution in [3.8, 4) is 0 Å². The molecule has 3 aliphatic heterocycles. The van der Waals surface area contributed by atoms with Gasteiger partial charge < -0.3 is 19.9 Å². The standard InChI is InChI=1S/C15H27NO3S/c16-11-15(3-1-6-17-12-15)19-13-2-7-18-14(10-13)4-8-20-9-5-14/h13H,1-12,16H2. The van der Waals surface area contributed by atoms with Gasteiger partial charge >= 0.3 is 0 Å². The largest absolute Gasteiger partial charge is 0.378 e. The van der Waals surface area contributed by atoms with Crippen molar-refractivity contribution in [3.63, 3.8) is 0 Å². The van der Waals surface area contributed by atoms with Crippen LogP contribution in [0.15, 0.2) is 0 Å². The quantitative estimate of drug-likeness (QED) is 0.863. The molecule has 3 saturated heterocycles. The highest BCUT2D eigenvalue weighted by atomic mass is 32.2. The molecule has 2 unspecified atom stereocenters. The van der Waals surface area contributed by atoms with E-state index in [1.807, 2.05) is 11.8 Å². The molecule has 3 rings (SSSR count). The Kier molecular flexibility index (Phi) is 4.93. The highest BCUT2D eigenvalue weighted by molar-refractivity contribution is 7.99. The van der Waals surface area contributed by atoms with E-state index in [0.29, 0.717) is 13.2 Å². The molecule has 0 saturated carbocycles. The minimum absolute atomic E-state index is 0.0828. The third-order valence-corrected chi connectivity index (χ3v) is 5.91. The lowest BCUT2D eigenvalue weighted by molar-refractivity contribution is -0.200. The van der Waals surface area contributed by atoms with E-state index in [2.05, 4.69) is 0 Å². The zero-order valence-corrected chi connectivity index (χ0v) is 13.1. The first kappa shape index (κ1) is 15.1. The molecule has 0 aromatic heterocycles. The first-order valence-electron chi connectivity index (χ1n) is 7.93. The Hall–Kier alpha value is 0.190. The van der Waals surface area contributed by atoms with Gasteiger partial charge in [0.1, 0.15) is 5.60 Å². The summed E-state index contributed by atoms with van der Waals surface area (Å²) in [6.45, 7) is 2.90. The minimum atomic E-state index is -0.245. The van der Waals surface area contributed by atoms with Crippen molar-refractivity contribution in [2.75, 3.05) is 37.9 Å². The molecule has 0 aromatic carbocycles. The van der Waals surface area contributed by atoms with Gasteiger partial charge in [-0.1, -0.05) is 0 Å². The molecule has 116 valence electrons. The van der Waals surface area contributed by atoms with Crippen LogP contribution in [0.4, 0.5) is 0 Å². The molecule has 3 aliphatic rings. The smallest absolute Gasteiger partial charge is 0.104 e. The van der Waals surface area contributed by atoms with Crippen LogP contribution >= 0.6 is 11.8 Å². The summed E-state index contributed by atoms with van der Waals surface area (Å²) in [7, 11) is 0. The molecule has 1 spiro atoms. The van der Waals surface area contributed by atoms with Gasteiger partial charge in [0.25, 0.3) is 0 Å². The van der Waals surface area contributed by atoms with Crippen molar-refractivity contribution >= 4 is 11.8 Å². The molecule has 0 bridgehead atoms. The molecule has 2 atom stereocenters. The van der Waals surface area contributed by atoms with Crippen LogP contribution in [0, 0.1) is 0 Å². The van der Waals surface area contributed by atoms with Crippen molar-refractivity contribution in [2.45, 2.75) is 55.8 Å². The second kappa shape index (κ2) is 6.53. The maximum Gasteiger partial charge on any atom is 0.104 e. The second-order valence-corrected chi connectivity index (χ2v) is 7.64. The normalized spacial score (nSPS) is 38.0. The monoisotopic (exact) mass is 301 g/mol. The van der Waals surface area contributed by atoms with Crippen LogP contribution in [0.5, 0.6) is 0 Å². The first-order valence-corrected chi connectivity index (χ1v) is 9.09. The molecule has 3 fully saturated rings. The van der Waals surface area contributed by atoms with Gasteiger partial charge in [-0.25, -0.2) is 0 Å². The SMILES string of the molecule is NCC1(OC2CCOC3(CCSCC3)C2)CCCOC1. The van der Waals surface area contributed by atoms with E-state index < -0.39 is 0 Å². The lowest BCUT2D eigenvalue weighted by atomic mass is 9.86. The van der Waals surface area contributed by atoms with E-state index in [1.165, 1.54) is 24.3 Å². The van der Waals surface area contributed by atoms with Gasteiger partial charge in [0.15, 0.2) is 0 Å². The van der Waals surface area contributed by atoms with Gasteiger partial charge in [-0.3, -0.25) is 0 Å². The number of nitrogens with two attached hydrogens (primary N) is 1. The van der Waals surface area contributed by atoms with Gasteiger partial charge in [0.2, 0.25) is 0 Å². The fourth-order valence-corrected chi connectivity index (χ4v) is 4.89. The Labute approximate surface area is 126 Å². The Balaban J connectivity index is 1.61. The third-order valence-electron chi connectivity index (χ3n) is 4.93. The molecule has 0 radical (unpaired) electrons. The fourth-order valence-electron chi connectivity index (χ4n) is 3.66. The summed E-state index contributed by atoms with van der Waals surface area (Å²) in [6, 6.07) is 0. The lowest BCUT2D eigenvalue weighted by Gasteiger charge is -2.46. The van der Waals surface area contributed by atoms with Crippen molar-refractivity contribution < 1.29 is 14.2 Å². The van der Waals surface area contributed by atoms with Crippen LogP contribution in [0.2, 0.25) is 0 Å². The molecule has 0 aromatic rings. The van der Waals surface area contributed by atoms with E-state index >= 15 is 0 Å². The maximum absolute atomic E-state index is 6.46.